The monoisotopic (exact) mass is 323 g/mol. The van der Waals surface area contributed by atoms with Gasteiger partial charge < -0.3 is 19.3 Å². The zero-order valence-electron chi connectivity index (χ0n) is 13.8. The molecule has 1 N–H and O–H groups in total. The van der Waals surface area contributed by atoms with Crippen molar-refractivity contribution in [2.24, 2.45) is 5.92 Å². The largest absolute Gasteiger partial charge is 0.383 e. The van der Waals surface area contributed by atoms with E-state index >= 15 is 0 Å². The number of nitrogens with one attached hydrogen (secondary N) is 1. The van der Waals surface area contributed by atoms with Gasteiger partial charge in [-0.05, 0) is 32.2 Å². The van der Waals surface area contributed by atoms with Crippen molar-refractivity contribution in [1.82, 2.24) is 15.4 Å². The standard InChI is InChI=1S/C16H25N3O4/c1-11-7-13(18-23-11)9-19-5-3-12-8-14(22-15(12)10-19)16(20)17-4-6-21-2/h7,12,14-15H,3-6,8-10H2,1-2H3,(H,17,20)/t12-,14-,15+/m0/s1. The first-order valence-corrected chi connectivity index (χ1v) is 8.22. The maximum Gasteiger partial charge on any atom is 0.249 e. The summed E-state index contributed by atoms with van der Waals surface area (Å²) < 4.78 is 16.1. The molecule has 2 fully saturated rings. The molecule has 0 spiro atoms. The number of likely N-dealkylation sites (tertiary alicyclic amines) is 1. The summed E-state index contributed by atoms with van der Waals surface area (Å²) in [5.41, 5.74) is 0.952. The van der Waals surface area contributed by atoms with Crippen molar-refractivity contribution in [1.29, 1.82) is 0 Å². The molecule has 0 unspecified atom stereocenters. The Hall–Kier alpha value is -1.44. The highest BCUT2D eigenvalue weighted by Gasteiger charge is 2.41. The normalized spacial score (nSPS) is 27.8. The number of carbonyl (C=O) groups is 1. The first-order chi connectivity index (χ1) is 11.2. The Kier molecular flexibility index (Phi) is 5.30. The second-order valence-corrected chi connectivity index (χ2v) is 6.40. The first-order valence-electron chi connectivity index (χ1n) is 8.22. The minimum atomic E-state index is -0.323. The number of aryl methyl sites for hydroxylation is 1. The van der Waals surface area contributed by atoms with Crippen molar-refractivity contribution in [3.63, 3.8) is 0 Å². The average Bonchev–Trinajstić information content (AvgIpc) is 3.13. The molecule has 0 aliphatic carbocycles. The van der Waals surface area contributed by atoms with Gasteiger partial charge >= 0.3 is 0 Å². The fourth-order valence-electron chi connectivity index (χ4n) is 3.42. The number of hydrogen-bond donors (Lipinski definition) is 1. The van der Waals surface area contributed by atoms with Gasteiger partial charge in [-0.1, -0.05) is 5.16 Å². The molecule has 7 nitrogen and oxygen atoms in total. The van der Waals surface area contributed by atoms with E-state index in [4.69, 9.17) is 14.0 Å². The molecule has 3 heterocycles. The quantitative estimate of drug-likeness (QED) is 0.778. The molecule has 2 aliphatic heterocycles. The number of piperidine rings is 1. The van der Waals surface area contributed by atoms with Crippen LogP contribution in [0.15, 0.2) is 10.6 Å². The summed E-state index contributed by atoms with van der Waals surface area (Å²) in [4.78, 5) is 14.4. The number of methoxy groups -OCH3 is 1. The Labute approximate surface area is 136 Å². The molecule has 1 aromatic heterocycles. The van der Waals surface area contributed by atoms with Gasteiger partial charge in [0.25, 0.3) is 0 Å². The van der Waals surface area contributed by atoms with Crippen LogP contribution < -0.4 is 5.32 Å². The van der Waals surface area contributed by atoms with E-state index in [9.17, 15) is 4.79 Å². The van der Waals surface area contributed by atoms with Gasteiger partial charge in [0.2, 0.25) is 5.91 Å². The molecule has 2 saturated heterocycles. The smallest absolute Gasteiger partial charge is 0.249 e. The Balaban J connectivity index is 1.48. The second-order valence-electron chi connectivity index (χ2n) is 6.40. The van der Waals surface area contributed by atoms with Crippen LogP contribution >= 0.6 is 0 Å². The van der Waals surface area contributed by atoms with Gasteiger partial charge in [-0.25, -0.2) is 0 Å². The van der Waals surface area contributed by atoms with Crippen molar-refractivity contribution in [3.05, 3.63) is 17.5 Å². The van der Waals surface area contributed by atoms with Crippen LogP contribution in [0.25, 0.3) is 0 Å². The molecule has 1 aromatic rings. The lowest BCUT2D eigenvalue weighted by Gasteiger charge is -2.33. The van der Waals surface area contributed by atoms with E-state index in [2.05, 4.69) is 15.4 Å². The minimum absolute atomic E-state index is 0.0184. The summed E-state index contributed by atoms with van der Waals surface area (Å²) in [5.74, 6) is 1.29. The Morgan fingerprint density at radius 1 is 1.57 bits per heavy atom. The maximum atomic E-state index is 12.1. The highest BCUT2D eigenvalue weighted by atomic mass is 16.5. The third kappa shape index (κ3) is 4.10. The molecule has 23 heavy (non-hydrogen) atoms. The first kappa shape index (κ1) is 16.4. The third-order valence-electron chi connectivity index (χ3n) is 4.60. The van der Waals surface area contributed by atoms with Crippen molar-refractivity contribution in [2.45, 2.75) is 38.5 Å². The highest BCUT2D eigenvalue weighted by molar-refractivity contribution is 5.81. The van der Waals surface area contributed by atoms with Crippen molar-refractivity contribution in [3.8, 4) is 0 Å². The summed E-state index contributed by atoms with van der Waals surface area (Å²) in [7, 11) is 1.62. The van der Waals surface area contributed by atoms with E-state index in [0.29, 0.717) is 19.1 Å². The summed E-state index contributed by atoms with van der Waals surface area (Å²) >= 11 is 0. The third-order valence-corrected chi connectivity index (χ3v) is 4.60. The zero-order valence-corrected chi connectivity index (χ0v) is 13.8. The predicted molar refractivity (Wildman–Crippen MR) is 82.8 cm³/mol. The van der Waals surface area contributed by atoms with E-state index in [1.165, 1.54) is 0 Å². The predicted octanol–water partition coefficient (Wildman–Crippen LogP) is 0.725. The van der Waals surface area contributed by atoms with Crippen LogP contribution in [0.3, 0.4) is 0 Å². The topological polar surface area (TPSA) is 76.8 Å². The second kappa shape index (κ2) is 7.42. The van der Waals surface area contributed by atoms with E-state index in [-0.39, 0.29) is 18.1 Å². The van der Waals surface area contributed by atoms with Gasteiger partial charge in [0.1, 0.15) is 11.9 Å². The van der Waals surface area contributed by atoms with Gasteiger partial charge in [0, 0.05) is 32.8 Å². The molecule has 2 aliphatic rings. The lowest BCUT2D eigenvalue weighted by atomic mass is 9.91. The van der Waals surface area contributed by atoms with Gasteiger partial charge in [0.15, 0.2) is 0 Å². The maximum absolute atomic E-state index is 12.1. The number of nitrogens with zero attached hydrogens (tertiary/aromatic N) is 2. The molecular weight excluding hydrogens is 298 g/mol. The number of rotatable bonds is 6. The van der Waals surface area contributed by atoms with Crippen LogP contribution in [0.4, 0.5) is 0 Å². The summed E-state index contributed by atoms with van der Waals surface area (Å²) in [6.07, 6.45) is 1.69. The van der Waals surface area contributed by atoms with Crippen LogP contribution in [0.5, 0.6) is 0 Å². The van der Waals surface area contributed by atoms with Crippen LogP contribution in [0.1, 0.15) is 24.3 Å². The van der Waals surface area contributed by atoms with Gasteiger partial charge in [-0.15, -0.1) is 0 Å². The fraction of sp³-hybridized carbons (Fsp3) is 0.750. The van der Waals surface area contributed by atoms with Crippen LogP contribution in [0.2, 0.25) is 0 Å². The molecule has 7 heteroatoms. The SMILES string of the molecule is COCCNC(=O)[C@@H]1C[C@@H]2CCN(Cc3cc(C)on3)C[C@H]2O1. The summed E-state index contributed by atoms with van der Waals surface area (Å²) in [6, 6.07) is 1.97. The summed E-state index contributed by atoms with van der Waals surface area (Å²) in [6.45, 7) is 5.58. The Bertz CT molecular complexity index is 533. The lowest BCUT2D eigenvalue weighted by Crippen LogP contribution is -2.42. The molecule has 3 atom stereocenters. The number of hydrogen-bond acceptors (Lipinski definition) is 6. The van der Waals surface area contributed by atoms with Crippen molar-refractivity contribution >= 4 is 5.91 Å². The number of fused-ring (bicyclic) bond motifs is 1. The lowest BCUT2D eigenvalue weighted by molar-refractivity contribution is -0.133. The zero-order chi connectivity index (χ0) is 16.2. The number of carbonyl (C=O) groups excluding carboxylic acids is 1. The average molecular weight is 323 g/mol. The molecule has 0 saturated carbocycles. The number of ether oxygens (including phenoxy) is 2. The highest BCUT2D eigenvalue weighted by Crippen LogP contribution is 2.33. The van der Waals surface area contributed by atoms with Crippen LogP contribution in [0, 0.1) is 12.8 Å². The van der Waals surface area contributed by atoms with E-state index in [1.807, 2.05) is 13.0 Å². The van der Waals surface area contributed by atoms with Crippen molar-refractivity contribution < 1.29 is 18.8 Å². The van der Waals surface area contributed by atoms with Gasteiger partial charge in [0.05, 0.1) is 18.4 Å². The number of aromatic nitrogens is 1. The molecule has 0 aromatic carbocycles. The number of amides is 1. The van der Waals surface area contributed by atoms with Crippen LogP contribution in [-0.4, -0.2) is 61.5 Å². The van der Waals surface area contributed by atoms with Gasteiger partial charge in [-0.2, -0.15) is 0 Å². The molecule has 0 bridgehead atoms. The molecule has 128 valence electrons. The van der Waals surface area contributed by atoms with E-state index in [1.54, 1.807) is 7.11 Å². The van der Waals surface area contributed by atoms with E-state index < -0.39 is 0 Å². The molecular formula is C16H25N3O4. The van der Waals surface area contributed by atoms with E-state index in [0.717, 1.165) is 43.9 Å². The Morgan fingerprint density at radius 2 is 2.43 bits per heavy atom. The van der Waals surface area contributed by atoms with Crippen molar-refractivity contribution in [2.75, 3.05) is 33.4 Å². The minimum Gasteiger partial charge on any atom is -0.383 e. The fourth-order valence-corrected chi connectivity index (χ4v) is 3.42. The molecule has 0 radical (unpaired) electrons. The summed E-state index contributed by atoms with van der Waals surface area (Å²) in [5, 5.41) is 6.91. The molecule has 1 amide bonds. The van der Waals surface area contributed by atoms with Crippen LogP contribution in [-0.2, 0) is 20.8 Å². The molecule has 3 rings (SSSR count). The Morgan fingerprint density at radius 3 is 3.17 bits per heavy atom. The van der Waals surface area contributed by atoms with Gasteiger partial charge in [-0.3, -0.25) is 9.69 Å².